The van der Waals surface area contributed by atoms with Crippen molar-refractivity contribution in [2.75, 3.05) is 0 Å². The molecule has 0 spiro atoms. The van der Waals surface area contributed by atoms with E-state index in [1.807, 2.05) is 65.2 Å². The number of fused-ring (bicyclic) bond motifs is 4. The smallest absolute Gasteiger partial charge is 0.269 e. The Kier molecular flexibility index (Phi) is 11.9. The summed E-state index contributed by atoms with van der Waals surface area (Å²) in [4.78, 5) is 4.81. The van der Waals surface area contributed by atoms with E-state index in [0.717, 1.165) is 61.0 Å². The van der Waals surface area contributed by atoms with E-state index in [-0.39, 0.29) is 55.0 Å². The third kappa shape index (κ3) is 11.2. The van der Waals surface area contributed by atoms with Crippen molar-refractivity contribution in [2.24, 2.45) is 0 Å². The van der Waals surface area contributed by atoms with Gasteiger partial charge in [-0.2, -0.15) is 0 Å². The first-order valence-corrected chi connectivity index (χ1v) is 29.5. The van der Waals surface area contributed by atoms with Gasteiger partial charge in [-0.15, -0.1) is 0 Å². The van der Waals surface area contributed by atoms with E-state index in [1.165, 1.54) is 45.6 Å². The van der Waals surface area contributed by atoms with Crippen LogP contribution >= 0.6 is 0 Å². The fourth-order valence-corrected chi connectivity index (χ4v) is 11.3. The summed E-state index contributed by atoms with van der Waals surface area (Å²) >= 11 is 0. The monoisotopic (exact) mass is 1110 g/mol. The summed E-state index contributed by atoms with van der Waals surface area (Å²) in [6.45, 7) is 38.6. The molecule has 5 heteroatoms. The van der Waals surface area contributed by atoms with Gasteiger partial charge in [0.25, 0.3) is 6.33 Å². The number of ether oxygens (including phenoxy) is 1. The van der Waals surface area contributed by atoms with Gasteiger partial charge < -0.3 is 4.74 Å². The molecule has 0 aliphatic carbocycles. The summed E-state index contributed by atoms with van der Waals surface area (Å²) < 4.78 is 81.9. The molecule has 11 aromatic rings. The van der Waals surface area contributed by atoms with Crippen LogP contribution in [0.15, 0.2) is 176 Å². The highest BCUT2D eigenvalue weighted by Crippen LogP contribution is 2.44. The van der Waals surface area contributed by atoms with Gasteiger partial charge in [0.05, 0.1) is 40.3 Å². The molecule has 5 nitrogen and oxygen atoms in total. The molecule has 8 aromatic carbocycles. The number of pyridine rings is 1. The topological polar surface area (TPSA) is 35.9 Å². The average molecular weight is 1120 g/mol. The Morgan fingerprint density at radius 1 is 0.464 bits per heavy atom. The van der Waals surface area contributed by atoms with Gasteiger partial charge in [-0.05, 0) is 155 Å². The summed E-state index contributed by atoms with van der Waals surface area (Å²) in [5.74, 6) is 1.35. The molecular formula is C79H86N4O. The molecule has 0 saturated carbocycles. The lowest BCUT2D eigenvalue weighted by molar-refractivity contribution is -0.572. The molecule has 0 unspecified atom stereocenters. The predicted octanol–water partition coefficient (Wildman–Crippen LogP) is 21.1. The molecule has 3 heterocycles. The highest BCUT2D eigenvalue weighted by atomic mass is 16.5. The zero-order valence-electron chi connectivity index (χ0n) is 60.6. The number of hydrogen-bond acceptors (Lipinski definition) is 2. The minimum atomic E-state index is -2.76. The molecule has 0 aliphatic heterocycles. The molecule has 0 bridgehead atoms. The zero-order chi connectivity index (χ0) is 67.1. The van der Waals surface area contributed by atoms with E-state index in [1.54, 1.807) is 0 Å². The van der Waals surface area contributed by atoms with Crippen molar-refractivity contribution >= 4 is 32.8 Å². The van der Waals surface area contributed by atoms with Crippen LogP contribution in [-0.2, 0) is 32.5 Å². The van der Waals surface area contributed by atoms with Gasteiger partial charge in [0, 0.05) is 32.7 Å². The Hall–Kier alpha value is -8.02. The SMILES string of the molecule is [2H]c1c([2H])c([2H])c(-c2cnc(-n3c4ccccc4c4ccc(Oc5cccc(-n6[c-][n+](-c7c(-c8cc(C(C)(C)C)cc(C(C)(C)C)c8)cc(C(C)(C)C)cc7C(C)(C)C)c7ccc(-c8cc(C(C)(C)C)cc(C(C)(C)C)c8)cc76)c5)cc43)cc2C([2H])([2H])[2H])c([2H])c1[2H]. The van der Waals surface area contributed by atoms with Crippen LogP contribution in [0.2, 0.25) is 0 Å². The van der Waals surface area contributed by atoms with Crippen LogP contribution in [0.5, 0.6) is 11.5 Å². The van der Waals surface area contributed by atoms with Gasteiger partial charge in [-0.3, -0.25) is 13.7 Å². The molecule has 0 radical (unpaired) electrons. The van der Waals surface area contributed by atoms with Crippen LogP contribution in [0.1, 0.15) is 175 Å². The van der Waals surface area contributed by atoms with Gasteiger partial charge in [-0.1, -0.05) is 240 Å². The number of hydrogen-bond donors (Lipinski definition) is 0. The number of aromatic nitrogens is 4. The van der Waals surface area contributed by atoms with E-state index >= 15 is 0 Å². The number of benzene rings is 8. The van der Waals surface area contributed by atoms with Crippen LogP contribution in [0.25, 0.3) is 83.4 Å². The Morgan fingerprint density at radius 3 is 1.65 bits per heavy atom. The third-order valence-electron chi connectivity index (χ3n) is 16.5. The first-order valence-electron chi connectivity index (χ1n) is 33.5. The molecule has 0 saturated heterocycles. The number of para-hydroxylation sites is 1. The lowest BCUT2D eigenvalue weighted by Gasteiger charge is -2.31. The molecular weight excluding hydrogens is 1020 g/mol. The lowest BCUT2D eigenvalue weighted by atomic mass is 9.75. The van der Waals surface area contributed by atoms with Gasteiger partial charge >= 0.3 is 0 Å². The second-order valence-corrected chi connectivity index (χ2v) is 29.2. The summed E-state index contributed by atoms with van der Waals surface area (Å²) in [6, 6.07) is 46.4. The van der Waals surface area contributed by atoms with E-state index in [9.17, 15) is 0 Å². The summed E-state index contributed by atoms with van der Waals surface area (Å²) in [5.41, 5.74) is 15.9. The van der Waals surface area contributed by atoms with Gasteiger partial charge in [-0.25, -0.2) is 4.98 Å². The lowest BCUT2D eigenvalue weighted by Crippen LogP contribution is -2.35. The quantitative estimate of drug-likeness (QED) is 0.112. The first kappa shape index (κ1) is 48.4. The Labute approximate surface area is 512 Å². The van der Waals surface area contributed by atoms with Gasteiger partial charge in [0.1, 0.15) is 17.3 Å². The second-order valence-electron chi connectivity index (χ2n) is 29.2. The summed E-state index contributed by atoms with van der Waals surface area (Å²) in [5, 5.41) is 1.77. The van der Waals surface area contributed by atoms with Crippen LogP contribution in [0.3, 0.4) is 0 Å². The molecule has 0 amide bonds. The van der Waals surface area contributed by atoms with E-state index in [0.29, 0.717) is 17.0 Å². The van der Waals surface area contributed by atoms with Gasteiger partial charge in [0.15, 0.2) is 0 Å². The highest BCUT2D eigenvalue weighted by Gasteiger charge is 2.31. The molecule has 0 N–H and O–H groups in total. The molecule has 0 fully saturated rings. The predicted molar refractivity (Wildman–Crippen MR) is 356 cm³/mol. The van der Waals surface area contributed by atoms with Crippen LogP contribution in [0, 0.1) is 13.2 Å². The first-order chi connectivity index (χ1) is 42.6. The summed E-state index contributed by atoms with van der Waals surface area (Å²) in [7, 11) is 0. The van der Waals surface area contributed by atoms with E-state index < -0.39 is 37.1 Å². The Balaban J connectivity index is 1.13. The number of nitrogens with zero attached hydrogens (tertiary/aromatic N) is 4. The van der Waals surface area contributed by atoms with Crippen molar-refractivity contribution in [1.82, 2.24) is 14.1 Å². The number of aryl methyl sites for hydroxylation is 1. The maximum atomic E-state index is 8.75. The molecule has 84 heavy (non-hydrogen) atoms. The van der Waals surface area contributed by atoms with Crippen LogP contribution < -0.4 is 9.30 Å². The Bertz CT molecular complexity index is 4680. The molecule has 428 valence electrons. The molecule has 11 rings (SSSR count). The van der Waals surface area contributed by atoms with Crippen molar-refractivity contribution in [3.63, 3.8) is 0 Å². The second kappa shape index (κ2) is 20.6. The van der Waals surface area contributed by atoms with Crippen molar-refractivity contribution in [1.29, 1.82) is 0 Å². The normalized spacial score (nSPS) is 14.5. The molecule has 3 aromatic heterocycles. The number of rotatable bonds is 8. The third-order valence-corrected chi connectivity index (χ3v) is 16.5. The fourth-order valence-electron chi connectivity index (χ4n) is 11.3. The van der Waals surface area contributed by atoms with Crippen molar-refractivity contribution < 1.29 is 20.3 Å². The van der Waals surface area contributed by atoms with Gasteiger partial charge in [0.2, 0.25) is 0 Å². The zero-order valence-corrected chi connectivity index (χ0v) is 52.6. The summed E-state index contributed by atoms with van der Waals surface area (Å²) in [6.07, 6.45) is 5.32. The Morgan fingerprint density at radius 2 is 1.05 bits per heavy atom. The fraction of sp³-hybridized carbons (Fsp3) is 0.316. The maximum absolute atomic E-state index is 8.75. The van der Waals surface area contributed by atoms with Crippen molar-refractivity contribution in [3.05, 3.63) is 221 Å². The van der Waals surface area contributed by atoms with Crippen molar-refractivity contribution in [3.8, 4) is 62.1 Å². The van der Waals surface area contributed by atoms with Crippen LogP contribution in [-0.4, -0.2) is 14.1 Å². The highest BCUT2D eigenvalue weighted by molar-refractivity contribution is 6.09. The molecule has 0 aliphatic rings. The van der Waals surface area contributed by atoms with Crippen LogP contribution in [0.4, 0.5) is 0 Å². The minimum absolute atomic E-state index is 0.0663. The average Bonchev–Trinajstić information content (AvgIpc) is 1.47. The standard InChI is InChI=1S/C79H86N4O/c1-50-36-72(80-48-66(50)51-26-21-20-22-27-51)83-68-31-24-23-30-63(68)64-34-33-62(47-70(64)83)84-61-29-25-28-60(46-61)81-49-82(69-35-32-52(41-71(69)81)53-37-55(74(2,3)4)42-56(38-53)75(5,6)7)73-65(44-59(78(14,15)16)45-67(73)79(17,18)19)54-39-57(76(8,9)10)43-58(40-54)77(11,12)13/h20-48H,1-19H3/i1D3,20D,21D,22D,26D,27D. The number of imidazole rings is 1. The maximum Gasteiger partial charge on any atom is 0.269 e. The van der Waals surface area contributed by atoms with E-state index in [4.69, 9.17) is 20.7 Å². The largest absolute Gasteiger partial charge is 0.458 e. The van der Waals surface area contributed by atoms with E-state index in [2.05, 4.69) is 213 Å². The van der Waals surface area contributed by atoms with Crippen molar-refractivity contribution in [2.45, 2.75) is 164 Å². The minimum Gasteiger partial charge on any atom is -0.458 e. The molecule has 0 atom stereocenters.